The molecule has 2 aromatic rings. The van der Waals surface area contributed by atoms with Gasteiger partial charge in [-0.1, -0.05) is 24.3 Å². The van der Waals surface area contributed by atoms with Gasteiger partial charge in [0, 0.05) is 11.0 Å². The van der Waals surface area contributed by atoms with E-state index < -0.39 is 15.9 Å². The van der Waals surface area contributed by atoms with Crippen molar-refractivity contribution >= 4 is 37.5 Å². The molecule has 0 saturated heterocycles. The first kappa shape index (κ1) is 19.4. The first-order valence-electron chi connectivity index (χ1n) is 7.42. The molecule has 0 aromatic heterocycles. The van der Waals surface area contributed by atoms with Crippen molar-refractivity contribution in [1.82, 2.24) is 5.32 Å². The molecule has 0 spiro atoms. The standard InChI is InChI=1S/C17H18BrFN2O3S/c1-12-7-8-13(9-15(12)19)10-20-17(22)11-21(25(2,23)24)16-6-4-3-5-14(16)18/h3-9H,10-11H2,1-2H3,(H,20,22). The van der Waals surface area contributed by atoms with E-state index in [0.29, 0.717) is 21.3 Å². The summed E-state index contributed by atoms with van der Waals surface area (Å²) in [7, 11) is -3.65. The van der Waals surface area contributed by atoms with Crippen LogP contribution in [0, 0.1) is 12.7 Å². The number of hydrogen-bond acceptors (Lipinski definition) is 3. The van der Waals surface area contributed by atoms with Gasteiger partial charge >= 0.3 is 0 Å². The summed E-state index contributed by atoms with van der Waals surface area (Å²) in [5.41, 5.74) is 1.50. The number of nitrogens with one attached hydrogen (secondary N) is 1. The van der Waals surface area contributed by atoms with Gasteiger partial charge in [-0.05, 0) is 52.2 Å². The van der Waals surface area contributed by atoms with Crippen LogP contribution < -0.4 is 9.62 Å². The Morgan fingerprint density at radius 3 is 2.52 bits per heavy atom. The van der Waals surface area contributed by atoms with Gasteiger partial charge in [0.15, 0.2) is 0 Å². The lowest BCUT2D eigenvalue weighted by Gasteiger charge is -2.23. The SMILES string of the molecule is Cc1ccc(CNC(=O)CN(c2ccccc2Br)S(C)(=O)=O)cc1F. The molecule has 0 atom stereocenters. The maximum Gasteiger partial charge on any atom is 0.241 e. The summed E-state index contributed by atoms with van der Waals surface area (Å²) in [4.78, 5) is 12.2. The van der Waals surface area contributed by atoms with E-state index in [1.807, 2.05) is 0 Å². The summed E-state index contributed by atoms with van der Waals surface area (Å²) in [6.07, 6.45) is 1.04. The molecular weight excluding hydrogens is 411 g/mol. The zero-order valence-electron chi connectivity index (χ0n) is 13.8. The van der Waals surface area contributed by atoms with E-state index in [1.54, 1.807) is 43.3 Å². The minimum atomic E-state index is -3.65. The number of benzene rings is 2. The predicted molar refractivity (Wildman–Crippen MR) is 99.3 cm³/mol. The predicted octanol–water partition coefficient (Wildman–Crippen LogP) is 2.98. The maximum atomic E-state index is 13.5. The zero-order valence-corrected chi connectivity index (χ0v) is 16.2. The van der Waals surface area contributed by atoms with Gasteiger partial charge in [-0.2, -0.15) is 0 Å². The van der Waals surface area contributed by atoms with Crippen LogP contribution in [0.3, 0.4) is 0 Å². The van der Waals surface area contributed by atoms with Crippen LogP contribution in [0.4, 0.5) is 10.1 Å². The van der Waals surface area contributed by atoms with Crippen LogP contribution in [0.2, 0.25) is 0 Å². The van der Waals surface area contributed by atoms with Crippen LogP contribution in [0.25, 0.3) is 0 Å². The molecule has 0 saturated carbocycles. The Hall–Kier alpha value is -1.93. The van der Waals surface area contributed by atoms with Crippen LogP contribution in [0.5, 0.6) is 0 Å². The van der Waals surface area contributed by atoms with E-state index in [9.17, 15) is 17.6 Å². The monoisotopic (exact) mass is 428 g/mol. The highest BCUT2D eigenvalue weighted by Gasteiger charge is 2.22. The number of carbonyl (C=O) groups excluding carboxylic acids is 1. The third kappa shape index (κ3) is 5.27. The van der Waals surface area contributed by atoms with Gasteiger partial charge < -0.3 is 5.32 Å². The van der Waals surface area contributed by atoms with Crippen LogP contribution in [-0.4, -0.2) is 27.1 Å². The van der Waals surface area contributed by atoms with Crippen molar-refractivity contribution < 1.29 is 17.6 Å². The molecule has 0 radical (unpaired) electrons. The Labute approximate surface area is 155 Å². The van der Waals surface area contributed by atoms with Gasteiger partial charge in [-0.3, -0.25) is 9.10 Å². The molecule has 2 aromatic carbocycles. The zero-order chi connectivity index (χ0) is 18.6. The number of halogens is 2. The molecule has 8 heteroatoms. The van der Waals surface area contributed by atoms with E-state index in [4.69, 9.17) is 0 Å². The molecule has 2 rings (SSSR count). The molecule has 1 amide bonds. The van der Waals surface area contributed by atoms with E-state index in [-0.39, 0.29) is 18.9 Å². The number of carbonyl (C=O) groups is 1. The van der Waals surface area contributed by atoms with Gasteiger partial charge in [0.05, 0.1) is 11.9 Å². The molecule has 1 N–H and O–H groups in total. The van der Waals surface area contributed by atoms with Crippen molar-refractivity contribution in [3.05, 3.63) is 63.9 Å². The van der Waals surface area contributed by atoms with Gasteiger partial charge in [-0.15, -0.1) is 0 Å². The molecule has 134 valence electrons. The van der Waals surface area contributed by atoms with E-state index in [2.05, 4.69) is 21.2 Å². The van der Waals surface area contributed by atoms with Crippen molar-refractivity contribution in [3.8, 4) is 0 Å². The summed E-state index contributed by atoms with van der Waals surface area (Å²) < 4.78 is 39.2. The summed E-state index contributed by atoms with van der Waals surface area (Å²) in [5, 5.41) is 2.61. The fourth-order valence-electron chi connectivity index (χ4n) is 2.17. The number of amides is 1. The second kappa shape index (κ2) is 7.97. The molecule has 0 bridgehead atoms. The van der Waals surface area contributed by atoms with Crippen LogP contribution in [0.1, 0.15) is 11.1 Å². The Morgan fingerprint density at radius 2 is 1.92 bits per heavy atom. The number of rotatable bonds is 6. The van der Waals surface area contributed by atoms with Crippen LogP contribution in [0.15, 0.2) is 46.9 Å². The Balaban J connectivity index is 2.10. The summed E-state index contributed by atoms with van der Waals surface area (Å²) in [5.74, 6) is -0.833. The lowest BCUT2D eigenvalue weighted by molar-refractivity contribution is -0.119. The Morgan fingerprint density at radius 1 is 1.24 bits per heavy atom. The third-order valence-electron chi connectivity index (χ3n) is 3.53. The number of para-hydroxylation sites is 1. The number of sulfonamides is 1. The lowest BCUT2D eigenvalue weighted by Crippen LogP contribution is -2.40. The quantitative estimate of drug-likeness (QED) is 0.768. The molecule has 0 heterocycles. The first-order chi connectivity index (χ1) is 11.7. The molecule has 0 unspecified atom stereocenters. The van der Waals surface area contributed by atoms with Gasteiger partial charge in [0.2, 0.25) is 15.9 Å². The van der Waals surface area contributed by atoms with Gasteiger partial charge in [-0.25, -0.2) is 12.8 Å². The minimum absolute atomic E-state index is 0.115. The Kier molecular flexibility index (Phi) is 6.18. The molecule has 0 aliphatic carbocycles. The normalized spacial score (nSPS) is 11.2. The molecular formula is C17H18BrFN2O3S. The second-order valence-corrected chi connectivity index (χ2v) is 8.34. The van der Waals surface area contributed by atoms with E-state index >= 15 is 0 Å². The largest absolute Gasteiger partial charge is 0.350 e. The lowest BCUT2D eigenvalue weighted by atomic mass is 10.1. The summed E-state index contributed by atoms with van der Waals surface area (Å²) >= 11 is 3.29. The molecule has 5 nitrogen and oxygen atoms in total. The first-order valence-corrected chi connectivity index (χ1v) is 10.1. The average Bonchev–Trinajstić information content (AvgIpc) is 2.53. The minimum Gasteiger partial charge on any atom is -0.350 e. The van der Waals surface area contributed by atoms with Crippen molar-refractivity contribution in [3.63, 3.8) is 0 Å². The highest BCUT2D eigenvalue weighted by molar-refractivity contribution is 9.10. The highest BCUT2D eigenvalue weighted by atomic mass is 79.9. The average molecular weight is 429 g/mol. The summed E-state index contributed by atoms with van der Waals surface area (Å²) in [6, 6.07) is 11.4. The fraction of sp³-hybridized carbons (Fsp3) is 0.235. The van der Waals surface area contributed by atoms with Crippen molar-refractivity contribution in [2.75, 3.05) is 17.1 Å². The number of anilines is 1. The van der Waals surface area contributed by atoms with Crippen molar-refractivity contribution in [2.45, 2.75) is 13.5 Å². The molecule has 0 aliphatic heterocycles. The number of hydrogen-bond donors (Lipinski definition) is 1. The molecule has 0 fully saturated rings. The van der Waals surface area contributed by atoms with Crippen molar-refractivity contribution in [1.29, 1.82) is 0 Å². The molecule has 0 aliphatic rings. The van der Waals surface area contributed by atoms with Crippen LogP contribution in [-0.2, 0) is 21.4 Å². The van der Waals surface area contributed by atoms with E-state index in [1.165, 1.54) is 6.07 Å². The van der Waals surface area contributed by atoms with Crippen LogP contribution >= 0.6 is 15.9 Å². The molecule has 25 heavy (non-hydrogen) atoms. The number of nitrogens with zero attached hydrogens (tertiary/aromatic N) is 1. The Bertz CT molecular complexity index is 887. The highest BCUT2D eigenvalue weighted by Crippen LogP contribution is 2.27. The number of aryl methyl sites for hydroxylation is 1. The van der Waals surface area contributed by atoms with Gasteiger partial charge in [0.1, 0.15) is 12.4 Å². The fourth-order valence-corrected chi connectivity index (χ4v) is 3.65. The van der Waals surface area contributed by atoms with Gasteiger partial charge in [0.25, 0.3) is 0 Å². The smallest absolute Gasteiger partial charge is 0.241 e. The summed E-state index contributed by atoms with van der Waals surface area (Å²) in [6.45, 7) is 1.40. The van der Waals surface area contributed by atoms with E-state index in [0.717, 1.165) is 10.6 Å². The maximum absolute atomic E-state index is 13.5. The topological polar surface area (TPSA) is 66.5 Å². The third-order valence-corrected chi connectivity index (χ3v) is 5.33. The van der Waals surface area contributed by atoms with Crippen molar-refractivity contribution in [2.24, 2.45) is 0 Å². The second-order valence-electron chi connectivity index (χ2n) is 5.58.